The normalized spacial score (nSPS) is 20.7. The van der Waals surface area contributed by atoms with Gasteiger partial charge in [0.15, 0.2) is 0 Å². The highest BCUT2D eigenvalue weighted by Gasteiger charge is 2.46. The minimum Gasteiger partial charge on any atom is -0.348 e. The predicted octanol–water partition coefficient (Wildman–Crippen LogP) is 0.847. The third-order valence-electron chi connectivity index (χ3n) is 5.78. The van der Waals surface area contributed by atoms with E-state index in [1.807, 2.05) is 24.0 Å². The molecule has 4 heterocycles. The van der Waals surface area contributed by atoms with Crippen LogP contribution < -0.4 is 5.32 Å². The number of carbonyl (C=O) groups is 2. The molecule has 4 rings (SSSR count). The molecular formula is C20H26N6O2. The maximum Gasteiger partial charge on any atom is 0.272 e. The number of nitrogens with zero attached hydrogens (tertiary/aromatic N) is 4. The molecule has 2 aromatic rings. The van der Waals surface area contributed by atoms with Gasteiger partial charge in [-0.3, -0.25) is 14.9 Å². The van der Waals surface area contributed by atoms with Crippen LogP contribution in [0.4, 0.5) is 0 Å². The number of carbonyl (C=O) groups excluding carboxylic acids is 2. The first-order valence-electron chi connectivity index (χ1n) is 9.64. The van der Waals surface area contributed by atoms with Gasteiger partial charge in [0.1, 0.15) is 5.69 Å². The van der Waals surface area contributed by atoms with Gasteiger partial charge in [0.05, 0.1) is 23.6 Å². The number of aromatic amines is 1. The van der Waals surface area contributed by atoms with Crippen LogP contribution in [0.5, 0.6) is 0 Å². The molecule has 0 bridgehead atoms. The van der Waals surface area contributed by atoms with Crippen LogP contribution in [0.1, 0.15) is 40.4 Å². The van der Waals surface area contributed by atoms with Crippen LogP contribution >= 0.6 is 0 Å². The molecule has 28 heavy (non-hydrogen) atoms. The Hall–Kier alpha value is -2.74. The van der Waals surface area contributed by atoms with Crippen molar-refractivity contribution in [2.45, 2.75) is 37.8 Å². The molecule has 2 amide bonds. The largest absolute Gasteiger partial charge is 0.348 e. The van der Waals surface area contributed by atoms with Gasteiger partial charge in [-0.2, -0.15) is 0 Å². The van der Waals surface area contributed by atoms with Gasteiger partial charge in [-0.25, -0.2) is 9.97 Å². The first-order valence-corrected chi connectivity index (χ1v) is 9.64. The van der Waals surface area contributed by atoms with E-state index in [0.29, 0.717) is 38.0 Å². The summed E-state index contributed by atoms with van der Waals surface area (Å²) in [5.41, 5.74) is 2.92. The fraction of sp³-hybridized carbons (Fsp3) is 0.500. The molecule has 0 radical (unpaired) electrons. The van der Waals surface area contributed by atoms with E-state index in [-0.39, 0.29) is 23.4 Å². The molecule has 1 atom stereocenters. The molecule has 2 aliphatic heterocycles. The van der Waals surface area contributed by atoms with Crippen molar-refractivity contribution in [3.05, 3.63) is 47.3 Å². The van der Waals surface area contributed by atoms with Crippen LogP contribution in [0.3, 0.4) is 0 Å². The lowest BCUT2D eigenvalue weighted by molar-refractivity contribution is -0.132. The minimum atomic E-state index is -0.388. The van der Waals surface area contributed by atoms with Gasteiger partial charge in [-0.15, -0.1) is 0 Å². The van der Waals surface area contributed by atoms with Crippen molar-refractivity contribution in [3.63, 3.8) is 0 Å². The number of likely N-dealkylation sites (N-methyl/N-ethyl adjacent to an activating group) is 1. The second-order valence-electron chi connectivity index (χ2n) is 7.90. The number of hydrogen-bond donors (Lipinski definition) is 2. The van der Waals surface area contributed by atoms with E-state index in [1.165, 1.54) is 0 Å². The number of aromatic nitrogens is 3. The third kappa shape index (κ3) is 3.17. The van der Waals surface area contributed by atoms with Crippen molar-refractivity contribution >= 4 is 11.8 Å². The van der Waals surface area contributed by atoms with Crippen LogP contribution in [0, 0.1) is 6.92 Å². The SMILES string of the molecule is Cc1cccc(C(=O)N2CCC3(CC2)N[C@H](C(=O)N(C)C)Cc2[nH]cnc23)n1. The van der Waals surface area contributed by atoms with Crippen molar-refractivity contribution in [2.75, 3.05) is 27.2 Å². The van der Waals surface area contributed by atoms with Gasteiger partial charge in [0.25, 0.3) is 5.91 Å². The molecular weight excluding hydrogens is 356 g/mol. The predicted molar refractivity (Wildman–Crippen MR) is 104 cm³/mol. The van der Waals surface area contributed by atoms with E-state index >= 15 is 0 Å². The zero-order valence-electron chi connectivity index (χ0n) is 16.5. The maximum absolute atomic E-state index is 12.8. The van der Waals surface area contributed by atoms with Crippen LogP contribution in [0.15, 0.2) is 24.5 Å². The second-order valence-corrected chi connectivity index (χ2v) is 7.90. The Labute approximate surface area is 164 Å². The highest BCUT2D eigenvalue weighted by Crippen LogP contribution is 2.37. The van der Waals surface area contributed by atoms with E-state index < -0.39 is 0 Å². The molecule has 8 heteroatoms. The summed E-state index contributed by atoms with van der Waals surface area (Å²) >= 11 is 0. The van der Waals surface area contributed by atoms with Gasteiger partial charge in [-0.05, 0) is 31.9 Å². The molecule has 0 aromatic carbocycles. The number of likely N-dealkylation sites (tertiary alicyclic amines) is 1. The first-order chi connectivity index (χ1) is 13.4. The molecule has 2 N–H and O–H groups in total. The molecule has 1 fully saturated rings. The van der Waals surface area contributed by atoms with Gasteiger partial charge >= 0.3 is 0 Å². The van der Waals surface area contributed by atoms with Crippen molar-refractivity contribution in [2.24, 2.45) is 0 Å². The van der Waals surface area contributed by atoms with Gasteiger partial charge < -0.3 is 14.8 Å². The van der Waals surface area contributed by atoms with E-state index in [4.69, 9.17) is 0 Å². The number of amides is 2. The molecule has 2 aliphatic rings. The summed E-state index contributed by atoms with van der Waals surface area (Å²) in [6.07, 6.45) is 3.72. The highest BCUT2D eigenvalue weighted by atomic mass is 16.2. The molecule has 1 spiro atoms. The number of rotatable bonds is 2. The lowest BCUT2D eigenvalue weighted by Crippen LogP contribution is -2.61. The quantitative estimate of drug-likeness (QED) is 0.803. The number of imidazole rings is 1. The third-order valence-corrected chi connectivity index (χ3v) is 5.78. The summed E-state index contributed by atoms with van der Waals surface area (Å²) in [4.78, 5) is 41.0. The number of piperidine rings is 1. The smallest absolute Gasteiger partial charge is 0.272 e. The zero-order valence-corrected chi connectivity index (χ0v) is 16.5. The lowest BCUT2D eigenvalue weighted by atomic mass is 9.78. The average molecular weight is 382 g/mol. The summed E-state index contributed by atoms with van der Waals surface area (Å²) in [6, 6.07) is 5.21. The fourth-order valence-electron chi connectivity index (χ4n) is 4.30. The molecule has 0 aliphatic carbocycles. The van der Waals surface area contributed by atoms with Gasteiger partial charge in [0.2, 0.25) is 5.91 Å². The molecule has 0 saturated carbocycles. The molecule has 0 unspecified atom stereocenters. The number of pyridine rings is 1. The summed E-state index contributed by atoms with van der Waals surface area (Å²) in [5, 5.41) is 3.57. The van der Waals surface area contributed by atoms with E-state index in [9.17, 15) is 9.59 Å². The number of hydrogen-bond acceptors (Lipinski definition) is 5. The Bertz CT molecular complexity index is 898. The average Bonchev–Trinajstić information content (AvgIpc) is 3.17. The van der Waals surface area contributed by atoms with Gasteiger partial charge in [-0.1, -0.05) is 6.07 Å². The molecule has 148 valence electrons. The van der Waals surface area contributed by atoms with Crippen molar-refractivity contribution < 1.29 is 9.59 Å². The summed E-state index contributed by atoms with van der Waals surface area (Å²) in [6.45, 7) is 3.07. The fourth-order valence-corrected chi connectivity index (χ4v) is 4.30. The molecule has 8 nitrogen and oxygen atoms in total. The maximum atomic E-state index is 12.8. The van der Waals surface area contributed by atoms with Crippen LogP contribution in [0.2, 0.25) is 0 Å². The topological polar surface area (TPSA) is 94.2 Å². The monoisotopic (exact) mass is 382 g/mol. The number of nitrogens with one attached hydrogen (secondary N) is 2. The number of H-pyrrole nitrogens is 1. The van der Waals surface area contributed by atoms with Crippen LogP contribution in [-0.2, 0) is 16.8 Å². The standard InChI is InChI=1S/C20H26N6O2/c1-13-5-4-6-14(23-13)19(28)26-9-7-20(8-10-26)17-15(21-12-22-17)11-16(24-20)18(27)25(2)3/h4-6,12,16,24H,7-11H2,1-3H3,(H,21,22)/t16-/m0/s1. The van der Waals surface area contributed by atoms with E-state index in [2.05, 4.69) is 20.3 Å². The Morgan fingerprint density at radius 3 is 2.68 bits per heavy atom. The Morgan fingerprint density at radius 2 is 2.00 bits per heavy atom. The summed E-state index contributed by atoms with van der Waals surface area (Å²) < 4.78 is 0. The number of fused-ring (bicyclic) bond motifs is 2. The van der Waals surface area contributed by atoms with Crippen LogP contribution in [-0.4, -0.2) is 69.8 Å². The zero-order chi connectivity index (χ0) is 19.9. The van der Waals surface area contributed by atoms with Crippen molar-refractivity contribution in [1.29, 1.82) is 0 Å². The van der Waals surface area contributed by atoms with Gasteiger partial charge in [0, 0.05) is 45.0 Å². The second kappa shape index (κ2) is 7.01. The van der Waals surface area contributed by atoms with Crippen LogP contribution in [0.25, 0.3) is 0 Å². The molecule has 2 aromatic heterocycles. The summed E-state index contributed by atoms with van der Waals surface area (Å²) in [5.74, 6) is 0.0135. The number of aryl methyl sites for hydroxylation is 1. The minimum absolute atomic E-state index is 0.0440. The Balaban J connectivity index is 1.54. The molecule has 1 saturated heterocycles. The van der Waals surface area contributed by atoms with Crippen molar-refractivity contribution in [3.8, 4) is 0 Å². The van der Waals surface area contributed by atoms with E-state index in [1.54, 1.807) is 31.4 Å². The lowest BCUT2D eigenvalue weighted by Gasteiger charge is -2.46. The Kier molecular flexibility index (Phi) is 4.66. The highest BCUT2D eigenvalue weighted by molar-refractivity contribution is 5.92. The summed E-state index contributed by atoms with van der Waals surface area (Å²) in [7, 11) is 3.55. The Morgan fingerprint density at radius 1 is 1.25 bits per heavy atom. The first kappa shape index (κ1) is 18.6. The van der Waals surface area contributed by atoms with E-state index in [0.717, 1.165) is 17.1 Å². The van der Waals surface area contributed by atoms with Crippen molar-refractivity contribution in [1.82, 2.24) is 30.1 Å².